The number of benzene rings is 1. The van der Waals surface area contributed by atoms with Crippen LogP contribution in [0.2, 0.25) is 0 Å². The first-order valence-corrected chi connectivity index (χ1v) is 6.80. The predicted molar refractivity (Wildman–Crippen MR) is 81.9 cm³/mol. The third-order valence-corrected chi connectivity index (χ3v) is 3.47. The van der Waals surface area contributed by atoms with E-state index >= 15 is 0 Å². The van der Waals surface area contributed by atoms with E-state index in [1.807, 2.05) is 30.3 Å². The highest BCUT2D eigenvalue weighted by Crippen LogP contribution is 2.23. The molecule has 0 spiro atoms. The second kappa shape index (κ2) is 5.77. The van der Waals surface area contributed by atoms with Crippen LogP contribution in [-0.2, 0) is 0 Å². The smallest absolute Gasteiger partial charge is 0.230 e. The van der Waals surface area contributed by atoms with Gasteiger partial charge in [-0.1, -0.05) is 30.3 Å². The summed E-state index contributed by atoms with van der Waals surface area (Å²) in [5.74, 6) is -0.292. The molecule has 22 heavy (non-hydrogen) atoms. The van der Waals surface area contributed by atoms with E-state index in [0.717, 1.165) is 11.1 Å². The van der Waals surface area contributed by atoms with Crippen LogP contribution in [0.4, 0.5) is 0 Å². The molecular weight excluding hydrogens is 278 g/mol. The average Bonchev–Trinajstić information content (AvgIpc) is 3.04. The first-order chi connectivity index (χ1) is 10.7. The van der Waals surface area contributed by atoms with Gasteiger partial charge in [-0.15, -0.1) is 0 Å². The molecule has 0 aliphatic heterocycles. The molecule has 3 rings (SSSR count). The van der Waals surface area contributed by atoms with Gasteiger partial charge in [0.05, 0.1) is 11.8 Å². The van der Waals surface area contributed by atoms with Crippen molar-refractivity contribution < 1.29 is 14.0 Å². The molecule has 2 heterocycles. The maximum Gasteiger partial charge on any atom is 0.230 e. The van der Waals surface area contributed by atoms with E-state index in [0.29, 0.717) is 17.5 Å². The number of aryl methyl sites for hydroxylation is 1. The Bertz CT molecular complexity index is 835. The normalized spacial score (nSPS) is 10.4. The van der Waals surface area contributed by atoms with Gasteiger partial charge >= 0.3 is 0 Å². The molecule has 0 unspecified atom stereocenters. The van der Waals surface area contributed by atoms with E-state index in [4.69, 9.17) is 4.42 Å². The van der Waals surface area contributed by atoms with Crippen LogP contribution in [0.15, 0.2) is 59.3 Å². The lowest BCUT2D eigenvalue weighted by atomic mass is 10.0. The van der Waals surface area contributed by atoms with Gasteiger partial charge in [0.25, 0.3) is 0 Å². The fourth-order valence-electron chi connectivity index (χ4n) is 2.27. The Morgan fingerprint density at radius 1 is 1.14 bits per heavy atom. The van der Waals surface area contributed by atoms with Gasteiger partial charge in [0.15, 0.2) is 12.0 Å². The Kier molecular flexibility index (Phi) is 3.66. The number of carbonyl (C=O) groups is 2. The van der Waals surface area contributed by atoms with E-state index in [9.17, 15) is 9.59 Å². The maximum absolute atomic E-state index is 12.6. The van der Waals surface area contributed by atoms with Crippen molar-refractivity contribution in [3.63, 3.8) is 0 Å². The summed E-state index contributed by atoms with van der Waals surface area (Å²) in [7, 11) is 0. The van der Waals surface area contributed by atoms with Gasteiger partial charge < -0.3 is 4.42 Å². The molecule has 0 saturated heterocycles. The van der Waals surface area contributed by atoms with Crippen LogP contribution in [0.3, 0.4) is 0 Å². The molecule has 0 fully saturated rings. The molecule has 2 aromatic heterocycles. The highest BCUT2D eigenvalue weighted by Gasteiger charge is 2.20. The zero-order valence-corrected chi connectivity index (χ0v) is 11.9. The SMILES string of the molecule is Cc1ncc(-c2ccccc2)cc1C(=O)c1occc1C=O. The molecule has 0 amide bonds. The van der Waals surface area contributed by atoms with Gasteiger partial charge in [-0.05, 0) is 24.6 Å². The number of hydrogen-bond donors (Lipinski definition) is 0. The van der Waals surface area contributed by atoms with Crippen LogP contribution in [0.5, 0.6) is 0 Å². The van der Waals surface area contributed by atoms with Gasteiger partial charge in [-0.3, -0.25) is 14.6 Å². The fourth-order valence-corrected chi connectivity index (χ4v) is 2.27. The topological polar surface area (TPSA) is 60.2 Å². The minimum atomic E-state index is -0.338. The molecule has 0 bridgehead atoms. The van der Waals surface area contributed by atoms with Gasteiger partial charge in [-0.2, -0.15) is 0 Å². The highest BCUT2D eigenvalue weighted by atomic mass is 16.3. The monoisotopic (exact) mass is 291 g/mol. The van der Waals surface area contributed by atoms with Gasteiger partial charge in [0.1, 0.15) is 0 Å². The minimum absolute atomic E-state index is 0.0464. The van der Waals surface area contributed by atoms with Crippen molar-refractivity contribution in [3.8, 4) is 11.1 Å². The molecule has 0 aliphatic carbocycles. The van der Waals surface area contributed by atoms with E-state index in [1.165, 1.54) is 12.3 Å². The second-order valence-electron chi connectivity index (χ2n) is 4.88. The lowest BCUT2D eigenvalue weighted by Crippen LogP contribution is -2.06. The Morgan fingerprint density at radius 3 is 2.64 bits per heavy atom. The molecule has 4 nitrogen and oxygen atoms in total. The number of aromatic nitrogens is 1. The summed E-state index contributed by atoms with van der Waals surface area (Å²) in [4.78, 5) is 27.9. The van der Waals surface area contributed by atoms with Crippen molar-refractivity contribution in [2.24, 2.45) is 0 Å². The van der Waals surface area contributed by atoms with Crippen LogP contribution in [0.1, 0.15) is 32.2 Å². The standard InChI is InChI=1S/C18H13NO3/c1-12-16(17(21)18-14(11-20)7-8-22-18)9-15(10-19-12)13-5-3-2-4-6-13/h2-11H,1H3. The molecule has 1 aromatic carbocycles. The molecule has 0 saturated carbocycles. The van der Waals surface area contributed by atoms with Crippen LogP contribution >= 0.6 is 0 Å². The van der Waals surface area contributed by atoms with E-state index in [-0.39, 0.29) is 17.1 Å². The summed E-state index contributed by atoms with van der Waals surface area (Å²) in [5, 5.41) is 0. The van der Waals surface area contributed by atoms with Gasteiger partial charge in [-0.25, -0.2) is 0 Å². The van der Waals surface area contributed by atoms with Crippen LogP contribution in [-0.4, -0.2) is 17.1 Å². The minimum Gasteiger partial charge on any atom is -0.460 e. The van der Waals surface area contributed by atoms with E-state index in [2.05, 4.69) is 4.98 Å². The number of pyridine rings is 1. The summed E-state index contributed by atoms with van der Waals surface area (Å²) in [5.41, 5.74) is 3.08. The number of aldehydes is 1. The summed E-state index contributed by atoms with van der Waals surface area (Å²) in [6.45, 7) is 1.76. The third-order valence-electron chi connectivity index (χ3n) is 3.47. The quantitative estimate of drug-likeness (QED) is 0.543. The fraction of sp³-hybridized carbons (Fsp3) is 0.0556. The largest absolute Gasteiger partial charge is 0.460 e. The first kappa shape index (κ1) is 13.9. The van der Waals surface area contributed by atoms with E-state index < -0.39 is 0 Å². The number of rotatable bonds is 4. The summed E-state index contributed by atoms with van der Waals surface area (Å²) in [6.07, 6.45) is 3.67. The summed E-state index contributed by atoms with van der Waals surface area (Å²) in [6, 6.07) is 12.9. The molecular formula is C18H13NO3. The molecule has 0 aliphatic rings. The van der Waals surface area contributed by atoms with Crippen molar-refractivity contribution in [1.29, 1.82) is 0 Å². The molecule has 0 radical (unpaired) electrons. The second-order valence-corrected chi connectivity index (χ2v) is 4.88. The van der Waals surface area contributed by atoms with Crippen molar-refractivity contribution in [2.75, 3.05) is 0 Å². The Morgan fingerprint density at radius 2 is 1.91 bits per heavy atom. The lowest BCUT2D eigenvalue weighted by Gasteiger charge is -2.07. The Labute approximate surface area is 127 Å². The third kappa shape index (κ3) is 2.46. The van der Waals surface area contributed by atoms with Gasteiger partial charge in [0.2, 0.25) is 5.78 Å². The Hall–Kier alpha value is -3.01. The van der Waals surface area contributed by atoms with Crippen LogP contribution in [0, 0.1) is 6.92 Å². The van der Waals surface area contributed by atoms with Crippen LogP contribution < -0.4 is 0 Å². The summed E-state index contributed by atoms with van der Waals surface area (Å²) >= 11 is 0. The van der Waals surface area contributed by atoms with Crippen molar-refractivity contribution in [3.05, 3.63) is 77.5 Å². The van der Waals surface area contributed by atoms with Crippen molar-refractivity contribution >= 4 is 12.1 Å². The molecule has 0 atom stereocenters. The first-order valence-electron chi connectivity index (χ1n) is 6.80. The van der Waals surface area contributed by atoms with Crippen LogP contribution in [0.25, 0.3) is 11.1 Å². The van der Waals surface area contributed by atoms with Crippen molar-refractivity contribution in [2.45, 2.75) is 6.92 Å². The predicted octanol–water partition coefficient (Wildman–Crippen LogP) is 3.69. The zero-order valence-electron chi connectivity index (χ0n) is 11.9. The molecule has 4 heteroatoms. The number of ketones is 1. The lowest BCUT2D eigenvalue weighted by molar-refractivity contribution is 0.0999. The number of carbonyl (C=O) groups excluding carboxylic acids is 2. The molecule has 108 valence electrons. The number of nitrogens with zero attached hydrogens (tertiary/aromatic N) is 1. The number of furan rings is 1. The van der Waals surface area contributed by atoms with Crippen molar-refractivity contribution in [1.82, 2.24) is 4.98 Å². The zero-order chi connectivity index (χ0) is 15.5. The summed E-state index contributed by atoms with van der Waals surface area (Å²) < 4.78 is 5.16. The maximum atomic E-state index is 12.6. The highest BCUT2D eigenvalue weighted by molar-refractivity contribution is 6.11. The Balaban J connectivity index is 2.07. The van der Waals surface area contributed by atoms with Gasteiger partial charge in [0, 0.05) is 23.0 Å². The average molecular weight is 291 g/mol. The molecule has 0 N–H and O–H groups in total. The number of hydrogen-bond acceptors (Lipinski definition) is 4. The van der Waals surface area contributed by atoms with E-state index in [1.54, 1.807) is 19.2 Å². The molecule has 3 aromatic rings.